The van der Waals surface area contributed by atoms with Gasteiger partial charge in [0.15, 0.2) is 6.29 Å². The van der Waals surface area contributed by atoms with E-state index in [0.29, 0.717) is 18.1 Å². The predicted molar refractivity (Wildman–Crippen MR) is 79.9 cm³/mol. The van der Waals surface area contributed by atoms with Crippen molar-refractivity contribution in [2.24, 2.45) is 11.8 Å². The first-order valence-corrected chi connectivity index (χ1v) is 9.26. The second-order valence-electron chi connectivity index (χ2n) is 7.02. The molecular formula is C16H26O3S. The summed E-state index contributed by atoms with van der Waals surface area (Å²) in [6, 6.07) is 0. The Hall–Kier alpha value is 0.230. The molecule has 114 valence electrons. The Bertz CT molecular complexity index is 319. The lowest BCUT2D eigenvalue weighted by Gasteiger charge is -2.24. The Balaban J connectivity index is 1.11. The van der Waals surface area contributed by atoms with E-state index in [1.54, 1.807) is 0 Å². The largest absolute Gasteiger partial charge is 0.370 e. The predicted octanol–water partition coefficient (Wildman–Crippen LogP) is 3.22. The molecule has 0 amide bonds. The average Bonchev–Trinajstić information content (AvgIpc) is 3.35. The third kappa shape index (κ3) is 3.34. The molecule has 7 atom stereocenters. The number of thioether (sulfide) groups is 1. The molecule has 2 aliphatic carbocycles. The number of rotatable bonds is 6. The highest BCUT2D eigenvalue weighted by atomic mass is 32.2. The number of ether oxygens (including phenoxy) is 3. The summed E-state index contributed by atoms with van der Waals surface area (Å²) < 4.78 is 17.4. The summed E-state index contributed by atoms with van der Waals surface area (Å²) in [6.07, 6.45) is 8.92. The van der Waals surface area contributed by atoms with Crippen molar-refractivity contribution in [3.8, 4) is 0 Å². The van der Waals surface area contributed by atoms with E-state index in [1.807, 2.05) is 0 Å². The van der Waals surface area contributed by atoms with Crippen molar-refractivity contribution >= 4 is 11.8 Å². The fourth-order valence-electron chi connectivity index (χ4n) is 3.87. The number of epoxide rings is 1. The van der Waals surface area contributed by atoms with Gasteiger partial charge < -0.3 is 14.2 Å². The molecule has 2 heterocycles. The maximum absolute atomic E-state index is 5.91. The highest BCUT2D eigenvalue weighted by Crippen LogP contribution is 2.52. The summed E-state index contributed by atoms with van der Waals surface area (Å²) in [4.78, 5) is 0. The van der Waals surface area contributed by atoms with Crippen LogP contribution in [-0.2, 0) is 14.2 Å². The van der Waals surface area contributed by atoms with Crippen LogP contribution in [0.25, 0.3) is 0 Å². The van der Waals surface area contributed by atoms with E-state index in [0.717, 1.165) is 29.6 Å². The Kier molecular flexibility index (Phi) is 4.01. The van der Waals surface area contributed by atoms with Crippen molar-refractivity contribution in [3.05, 3.63) is 0 Å². The zero-order chi connectivity index (χ0) is 13.5. The number of hydrogen-bond donors (Lipinski definition) is 0. The smallest absolute Gasteiger partial charge is 0.154 e. The molecule has 0 aromatic carbocycles. The topological polar surface area (TPSA) is 31.0 Å². The van der Waals surface area contributed by atoms with E-state index < -0.39 is 0 Å². The van der Waals surface area contributed by atoms with Gasteiger partial charge in [-0.25, -0.2) is 0 Å². The van der Waals surface area contributed by atoms with E-state index in [-0.39, 0.29) is 6.29 Å². The lowest BCUT2D eigenvalue weighted by molar-refractivity contribution is -0.148. The lowest BCUT2D eigenvalue weighted by atomic mass is 9.90. The van der Waals surface area contributed by atoms with Gasteiger partial charge in [0, 0.05) is 10.5 Å². The maximum Gasteiger partial charge on any atom is 0.154 e. The summed E-state index contributed by atoms with van der Waals surface area (Å²) in [7, 11) is 0. The summed E-state index contributed by atoms with van der Waals surface area (Å²) in [5.74, 6) is 1.45. The molecule has 0 radical (unpaired) electrons. The molecule has 2 saturated heterocycles. The summed E-state index contributed by atoms with van der Waals surface area (Å²) >= 11 is 2.17. The molecule has 0 spiro atoms. The summed E-state index contributed by atoms with van der Waals surface area (Å²) in [5, 5.41) is 1.96. The molecule has 4 aliphatic rings. The minimum absolute atomic E-state index is 0.0441. The maximum atomic E-state index is 5.91. The molecule has 2 aliphatic heterocycles. The van der Waals surface area contributed by atoms with Gasteiger partial charge in [-0.3, -0.25) is 0 Å². The Morgan fingerprint density at radius 1 is 0.950 bits per heavy atom. The molecule has 0 aromatic heterocycles. The van der Waals surface area contributed by atoms with Crippen LogP contribution >= 0.6 is 11.8 Å². The zero-order valence-electron chi connectivity index (χ0n) is 12.3. The van der Waals surface area contributed by atoms with Gasteiger partial charge in [0.2, 0.25) is 0 Å². The number of fused-ring (bicyclic) bond motifs is 2. The zero-order valence-corrected chi connectivity index (χ0v) is 13.1. The van der Waals surface area contributed by atoms with Crippen LogP contribution in [0.4, 0.5) is 0 Å². The SMILES string of the molecule is CC(OCC1CCC2OC2C1)OCC1CCC2SC2C1. The first kappa shape index (κ1) is 13.9. The van der Waals surface area contributed by atoms with Gasteiger partial charge in [0.25, 0.3) is 0 Å². The van der Waals surface area contributed by atoms with E-state index in [4.69, 9.17) is 14.2 Å². The monoisotopic (exact) mass is 298 g/mol. The quantitative estimate of drug-likeness (QED) is 0.556. The molecule has 4 fully saturated rings. The molecule has 7 unspecified atom stereocenters. The van der Waals surface area contributed by atoms with Crippen LogP contribution in [-0.4, -0.2) is 42.2 Å². The van der Waals surface area contributed by atoms with Crippen molar-refractivity contribution < 1.29 is 14.2 Å². The second-order valence-corrected chi connectivity index (χ2v) is 8.50. The Morgan fingerprint density at radius 2 is 1.70 bits per heavy atom. The molecule has 3 nitrogen and oxygen atoms in total. The van der Waals surface area contributed by atoms with Crippen molar-refractivity contribution in [1.29, 1.82) is 0 Å². The summed E-state index contributed by atoms with van der Waals surface area (Å²) in [6.45, 7) is 3.79. The van der Waals surface area contributed by atoms with E-state index in [1.165, 1.54) is 38.5 Å². The summed E-state index contributed by atoms with van der Waals surface area (Å²) in [5.41, 5.74) is 0. The van der Waals surface area contributed by atoms with E-state index in [2.05, 4.69) is 18.7 Å². The molecule has 0 N–H and O–H groups in total. The van der Waals surface area contributed by atoms with Gasteiger partial charge in [-0.1, -0.05) is 0 Å². The highest BCUT2D eigenvalue weighted by molar-refractivity contribution is 8.07. The molecule has 0 aromatic rings. The van der Waals surface area contributed by atoms with Crippen LogP contribution in [0.5, 0.6) is 0 Å². The van der Waals surface area contributed by atoms with Gasteiger partial charge in [-0.05, 0) is 57.3 Å². The molecule has 4 rings (SSSR count). The fraction of sp³-hybridized carbons (Fsp3) is 1.00. The molecule has 20 heavy (non-hydrogen) atoms. The van der Waals surface area contributed by atoms with Crippen LogP contribution in [0.1, 0.15) is 45.4 Å². The molecule has 4 heteroatoms. The normalized spacial score (nSPS) is 47.2. The van der Waals surface area contributed by atoms with Crippen LogP contribution < -0.4 is 0 Å². The first-order chi connectivity index (χ1) is 9.78. The second kappa shape index (κ2) is 5.79. The van der Waals surface area contributed by atoms with Gasteiger partial charge >= 0.3 is 0 Å². The Labute approximate surface area is 126 Å². The third-order valence-electron chi connectivity index (χ3n) is 5.36. The third-order valence-corrected chi connectivity index (χ3v) is 6.83. The minimum Gasteiger partial charge on any atom is -0.370 e. The molecular weight excluding hydrogens is 272 g/mol. The average molecular weight is 298 g/mol. The van der Waals surface area contributed by atoms with Crippen LogP contribution in [0.3, 0.4) is 0 Å². The van der Waals surface area contributed by atoms with Crippen molar-refractivity contribution in [2.45, 2.75) is 74.4 Å². The van der Waals surface area contributed by atoms with E-state index >= 15 is 0 Å². The van der Waals surface area contributed by atoms with Crippen molar-refractivity contribution in [1.82, 2.24) is 0 Å². The van der Waals surface area contributed by atoms with Crippen LogP contribution in [0, 0.1) is 11.8 Å². The fourth-order valence-corrected chi connectivity index (χ4v) is 5.13. The lowest BCUT2D eigenvalue weighted by Crippen LogP contribution is -2.25. The van der Waals surface area contributed by atoms with E-state index in [9.17, 15) is 0 Å². The molecule has 0 bridgehead atoms. The van der Waals surface area contributed by atoms with Gasteiger partial charge in [0.05, 0.1) is 25.4 Å². The van der Waals surface area contributed by atoms with Crippen LogP contribution in [0.2, 0.25) is 0 Å². The van der Waals surface area contributed by atoms with Gasteiger partial charge in [-0.15, -0.1) is 0 Å². The van der Waals surface area contributed by atoms with Crippen molar-refractivity contribution in [2.75, 3.05) is 13.2 Å². The van der Waals surface area contributed by atoms with Crippen LogP contribution in [0.15, 0.2) is 0 Å². The first-order valence-electron chi connectivity index (χ1n) is 8.32. The molecule has 2 saturated carbocycles. The van der Waals surface area contributed by atoms with Crippen molar-refractivity contribution in [3.63, 3.8) is 0 Å². The number of hydrogen-bond acceptors (Lipinski definition) is 4. The van der Waals surface area contributed by atoms with Gasteiger partial charge in [-0.2, -0.15) is 11.8 Å². The minimum atomic E-state index is -0.0441. The Morgan fingerprint density at radius 3 is 2.45 bits per heavy atom. The highest BCUT2D eigenvalue weighted by Gasteiger charge is 2.44. The standard InChI is InChI=1S/C16H26O3S/c1-10(17-8-11-2-4-13-14(6-11)19-13)18-9-12-3-5-15-16(7-12)20-15/h10-16H,2-9H2,1H3. The van der Waals surface area contributed by atoms with Gasteiger partial charge in [0.1, 0.15) is 0 Å².